The van der Waals surface area contributed by atoms with Crippen molar-refractivity contribution in [3.63, 3.8) is 0 Å². The van der Waals surface area contributed by atoms with Crippen LogP contribution in [-0.2, 0) is 34.3 Å². The largest absolute Gasteiger partial charge is 0.492 e. The Morgan fingerprint density at radius 3 is 2.89 bits per heavy atom. The number of nitrogens with one attached hydrogen (secondary N) is 1. The summed E-state index contributed by atoms with van der Waals surface area (Å²) in [6.07, 6.45) is 3.81. The molecule has 1 aromatic carbocycles. The summed E-state index contributed by atoms with van der Waals surface area (Å²) < 4.78 is 30.8. The average molecular weight is 389 g/mol. The smallest absolute Gasteiger partial charge is 0.220 e. The highest BCUT2D eigenvalue weighted by Crippen LogP contribution is 2.25. The van der Waals surface area contributed by atoms with Gasteiger partial charge in [-0.1, -0.05) is 18.2 Å². The highest BCUT2D eigenvalue weighted by atomic mass is 32.2. The number of hydrogen-bond donors (Lipinski definition) is 1. The van der Waals surface area contributed by atoms with Gasteiger partial charge in [0.25, 0.3) is 0 Å². The van der Waals surface area contributed by atoms with Gasteiger partial charge in [0, 0.05) is 31.3 Å². The maximum atomic E-state index is 12.1. The van der Waals surface area contributed by atoms with Crippen LogP contribution in [0.15, 0.2) is 42.6 Å². The van der Waals surface area contributed by atoms with Gasteiger partial charge in [-0.05, 0) is 30.2 Å². The molecular weight excluding hydrogens is 366 g/mol. The Kier molecular flexibility index (Phi) is 6.08. The first-order chi connectivity index (χ1) is 12.9. The van der Waals surface area contributed by atoms with E-state index in [1.807, 2.05) is 36.4 Å². The SMILES string of the molecule is CS(=O)(=O)N1CCOc2ccc(CCC(=O)NCc3ccccn3)cc2C1. The lowest BCUT2D eigenvalue weighted by Gasteiger charge is -2.16. The number of rotatable bonds is 6. The van der Waals surface area contributed by atoms with E-state index in [1.165, 1.54) is 10.6 Å². The number of sulfonamides is 1. The molecule has 0 spiro atoms. The summed E-state index contributed by atoms with van der Waals surface area (Å²) in [5.74, 6) is 0.647. The molecule has 1 amide bonds. The van der Waals surface area contributed by atoms with E-state index in [-0.39, 0.29) is 12.5 Å². The summed E-state index contributed by atoms with van der Waals surface area (Å²) in [5, 5.41) is 2.85. The van der Waals surface area contributed by atoms with Crippen LogP contribution in [0.2, 0.25) is 0 Å². The zero-order valence-electron chi connectivity index (χ0n) is 15.2. The molecule has 0 saturated heterocycles. The standard InChI is InChI=1S/C19H23N3O4S/c1-27(24,25)22-10-11-26-18-7-5-15(12-16(18)14-22)6-8-19(23)21-13-17-4-2-3-9-20-17/h2-5,7,9,12H,6,8,10-11,13-14H2,1H3,(H,21,23). The van der Waals surface area contributed by atoms with Crippen molar-refractivity contribution in [3.8, 4) is 5.75 Å². The Hall–Kier alpha value is -2.45. The van der Waals surface area contributed by atoms with Crippen LogP contribution in [0.3, 0.4) is 0 Å². The molecular formula is C19H23N3O4S. The molecule has 1 aliphatic heterocycles. The third-order valence-electron chi connectivity index (χ3n) is 4.37. The minimum Gasteiger partial charge on any atom is -0.492 e. The van der Waals surface area contributed by atoms with Crippen molar-refractivity contribution in [1.29, 1.82) is 0 Å². The first-order valence-electron chi connectivity index (χ1n) is 8.78. The number of carbonyl (C=O) groups is 1. The predicted molar refractivity (Wildman–Crippen MR) is 102 cm³/mol. The zero-order chi connectivity index (χ0) is 19.3. The topological polar surface area (TPSA) is 88.6 Å². The van der Waals surface area contributed by atoms with Gasteiger partial charge < -0.3 is 10.1 Å². The van der Waals surface area contributed by atoms with E-state index < -0.39 is 10.0 Å². The van der Waals surface area contributed by atoms with Gasteiger partial charge in [-0.3, -0.25) is 9.78 Å². The number of nitrogens with zero attached hydrogens (tertiary/aromatic N) is 2. The van der Waals surface area contributed by atoms with Gasteiger partial charge in [0.1, 0.15) is 12.4 Å². The summed E-state index contributed by atoms with van der Waals surface area (Å²) in [5.41, 5.74) is 2.61. The Balaban J connectivity index is 1.58. The van der Waals surface area contributed by atoms with E-state index in [0.717, 1.165) is 16.8 Å². The van der Waals surface area contributed by atoms with Crippen molar-refractivity contribution < 1.29 is 17.9 Å². The summed E-state index contributed by atoms with van der Waals surface area (Å²) in [6.45, 7) is 1.35. The molecule has 1 aromatic heterocycles. The highest BCUT2D eigenvalue weighted by Gasteiger charge is 2.22. The van der Waals surface area contributed by atoms with Crippen molar-refractivity contribution in [3.05, 3.63) is 59.4 Å². The monoisotopic (exact) mass is 389 g/mol. The first kappa shape index (κ1) is 19.3. The van der Waals surface area contributed by atoms with Crippen molar-refractivity contribution in [1.82, 2.24) is 14.6 Å². The molecule has 144 valence electrons. The molecule has 1 aliphatic rings. The molecule has 0 unspecified atom stereocenters. The summed E-state index contributed by atoms with van der Waals surface area (Å²) >= 11 is 0. The van der Waals surface area contributed by atoms with E-state index >= 15 is 0 Å². The third kappa shape index (κ3) is 5.51. The number of aromatic nitrogens is 1. The summed E-state index contributed by atoms with van der Waals surface area (Å²) in [4.78, 5) is 16.2. The lowest BCUT2D eigenvalue weighted by Crippen LogP contribution is -2.31. The van der Waals surface area contributed by atoms with Crippen molar-refractivity contribution in [2.75, 3.05) is 19.4 Å². The highest BCUT2D eigenvalue weighted by molar-refractivity contribution is 7.88. The van der Waals surface area contributed by atoms with Gasteiger partial charge >= 0.3 is 0 Å². The number of benzene rings is 1. The van der Waals surface area contributed by atoms with E-state index in [1.54, 1.807) is 6.20 Å². The quantitative estimate of drug-likeness (QED) is 0.809. The maximum Gasteiger partial charge on any atom is 0.220 e. The zero-order valence-corrected chi connectivity index (χ0v) is 16.0. The van der Waals surface area contributed by atoms with Crippen LogP contribution in [0.25, 0.3) is 0 Å². The molecule has 2 aromatic rings. The lowest BCUT2D eigenvalue weighted by molar-refractivity contribution is -0.121. The number of carbonyl (C=O) groups excluding carboxylic acids is 1. The van der Waals surface area contributed by atoms with Crippen molar-refractivity contribution in [2.45, 2.75) is 25.9 Å². The molecule has 0 saturated carbocycles. The van der Waals surface area contributed by atoms with Crippen LogP contribution in [0.4, 0.5) is 0 Å². The van der Waals surface area contributed by atoms with Gasteiger partial charge in [0.05, 0.1) is 18.5 Å². The third-order valence-corrected chi connectivity index (χ3v) is 5.62. The van der Waals surface area contributed by atoms with Crippen molar-refractivity contribution in [2.24, 2.45) is 0 Å². The number of aryl methyl sites for hydroxylation is 1. The molecule has 0 fully saturated rings. The molecule has 0 bridgehead atoms. The van der Waals surface area contributed by atoms with E-state index in [0.29, 0.717) is 38.3 Å². The van der Waals surface area contributed by atoms with Crippen LogP contribution in [0.5, 0.6) is 5.75 Å². The van der Waals surface area contributed by atoms with Gasteiger partial charge in [-0.15, -0.1) is 0 Å². The molecule has 8 heteroatoms. The Morgan fingerprint density at radius 1 is 1.30 bits per heavy atom. The predicted octanol–water partition coefficient (Wildman–Crippen LogP) is 1.48. The number of fused-ring (bicyclic) bond motifs is 1. The van der Waals surface area contributed by atoms with Gasteiger partial charge in [-0.2, -0.15) is 4.31 Å². The summed E-state index contributed by atoms with van der Waals surface area (Å²) in [7, 11) is -3.28. The molecule has 27 heavy (non-hydrogen) atoms. The van der Waals surface area contributed by atoms with Gasteiger partial charge in [0.2, 0.25) is 15.9 Å². The normalized spacial score (nSPS) is 14.7. The second-order valence-electron chi connectivity index (χ2n) is 6.48. The van der Waals surface area contributed by atoms with Crippen LogP contribution in [0.1, 0.15) is 23.2 Å². The molecule has 0 atom stereocenters. The number of amides is 1. The first-order valence-corrected chi connectivity index (χ1v) is 10.6. The Bertz CT molecular complexity index is 900. The fourth-order valence-corrected chi connectivity index (χ4v) is 3.68. The number of pyridine rings is 1. The fraction of sp³-hybridized carbons (Fsp3) is 0.368. The minimum absolute atomic E-state index is 0.0513. The molecule has 1 N–H and O–H groups in total. The minimum atomic E-state index is -3.28. The molecule has 2 heterocycles. The van der Waals surface area contributed by atoms with Crippen molar-refractivity contribution >= 4 is 15.9 Å². The number of ether oxygens (including phenoxy) is 1. The van der Waals surface area contributed by atoms with Crippen LogP contribution in [-0.4, -0.2) is 43.0 Å². The fourth-order valence-electron chi connectivity index (χ4n) is 2.90. The van der Waals surface area contributed by atoms with Crippen LogP contribution >= 0.6 is 0 Å². The van der Waals surface area contributed by atoms with Gasteiger partial charge in [-0.25, -0.2) is 8.42 Å². The lowest BCUT2D eigenvalue weighted by atomic mass is 10.1. The average Bonchev–Trinajstić information content (AvgIpc) is 2.87. The molecule has 3 rings (SSSR count). The Labute approximate surface area is 159 Å². The van der Waals surface area contributed by atoms with E-state index in [2.05, 4.69) is 10.3 Å². The van der Waals surface area contributed by atoms with Gasteiger partial charge in [0.15, 0.2) is 0 Å². The Morgan fingerprint density at radius 2 is 2.15 bits per heavy atom. The second-order valence-corrected chi connectivity index (χ2v) is 8.47. The molecule has 0 aliphatic carbocycles. The molecule has 0 radical (unpaired) electrons. The summed E-state index contributed by atoms with van der Waals surface area (Å²) in [6, 6.07) is 11.3. The molecule has 7 nitrogen and oxygen atoms in total. The van der Waals surface area contributed by atoms with E-state index in [9.17, 15) is 13.2 Å². The maximum absolute atomic E-state index is 12.1. The second kappa shape index (κ2) is 8.49. The van der Waals surface area contributed by atoms with Crippen LogP contribution in [0, 0.1) is 0 Å². The van der Waals surface area contributed by atoms with E-state index in [4.69, 9.17) is 4.74 Å². The van der Waals surface area contributed by atoms with Crippen LogP contribution < -0.4 is 10.1 Å². The number of hydrogen-bond acceptors (Lipinski definition) is 5.